The van der Waals surface area contributed by atoms with E-state index in [-0.39, 0.29) is 45.6 Å². The van der Waals surface area contributed by atoms with Gasteiger partial charge in [-0.2, -0.15) is 0 Å². The van der Waals surface area contributed by atoms with E-state index in [0.717, 1.165) is 25.7 Å². The predicted octanol–water partition coefficient (Wildman–Crippen LogP) is 4.50. The number of carbonyl (C=O) groups is 2. The number of benzene rings is 1. The summed E-state index contributed by atoms with van der Waals surface area (Å²) in [6.45, 7) is 0. The zero-order valence-electron chi connectivity index (χ0n) is 15.5. The van der Waals surface area contributed by atoms with E-state index in [1.165, 1.54) is 44.1 Å². The highest BCUT2D eigenvalue weighted by Crippen LogP contribution is 2.37. The van der Waals surface area contributed by atoms with Crippen LogP contribution in [0, 0.1) is 0 Å². The van der Waals surface area contributed by atoms with Crippen LogP contribution in [-0.2, 0) is 4.79 Å². The van der Waals surface area contributed by atoms with Gasteiger partial charge in [-0.05, 0) is 25.0 Å². The molecule has 1 heterocycles. The van der Waals surface area contributed by atoms with Crippen LogP contribution in [0.2, 0.25) is 5.02 Å². The molecule has 1 aliphatic carbocycles. The first kappa shape index (κ1) is 20.2. The number of aromatic hydroxyl groups is 1. The lowest BCUT2D eigenvalue weighted by Crippen LogP contribution is -2.35. The number of phenols is 1. The first-order valence-electron chi connectivity index (χ1n) is 9.58. The number of hydrogen-bond acceptors (Lipinski definition) is 5. The van der Waals surface area contributed by atoms with Gasteiger partial charge in [-0.3, -0.25) is 9.59 Å². The molecular formula is C20H24ClN3O4. The van der Waals surface area contributed by atoms with Gasteiger partial charge in [0.15, 0.2) is 11.4 Å². The van der Waals surface area contributed by atoms with Crippen molar-refractivity contribution in [1.29, 1.82) is 0 Å². The Kier molecular flexibility index (Phi) is 6.92. The molecule has 3 N–H and O–H groups in total. The Morgan fingerprint density at radius 1 is 1.18 bits per heavy atom. The second kappa shape index (κ2) is 9.59. The Morgan fingerprint density at radius 2 is 1.86 bits per heavy atom. The largest absolute Gasteiger partial charge is 0.505 e. The van der Waals surface area contributed by atoms with Gasteiger partial charge in [-0.15, -0.1) is 0 Å². The first-order chi connectivity index (χ1) is 13.6. The van der Waals surface area contributed by atoms with Crippen molar-refractivity contribution < 1.29 is 19.1 Å². The molecule has 0 radical (unpaired) electrons. The van der Waals surface area contributed by atoms with Gasteiger partial charge in [0.2, 0.25) is 12.3 Å². The molecule has 2 amide bonds. The minimum atomic E-state index is -0.299. The Hall–Kier alpha value is -2.54. The summed E-state index contributed by atoms with van der Waals surface area (Å²) in [5.41, 5.74) is 0.463. The van der Waals surface area contributed by atoms with Crippen molar-refractivity contribution in [2.45, 2.75) is 57.4 Å². The smallest absolute Gasteiger partial charge is 0.273 e. The molecule has 0 atom stereocenters. The summed E-state index contributed by atoms with van der Waals surface area (Å²) in [5.74, 6) is -0.484. The van der Waals surface area contributed by atoms with Crippen LogP contribution in [0.3, 0.4) is 0 Å². The van der Waals surface area contributed by atoms with Gasteiger partial charge in [-0.1, -0.05) is 50.1 Å². The summed E-state index contributed by atoms with van der Waals surface area (Å²) in [7, 11) is 0. The maximum Gasteiger partial charge on any atom is 0.273 e. The lowest BCUT2D eigenvalue weighted by molar-refractivity contribution is -0.105. The van der Waals surface area contributed by atoms with Crippen LogP contribution in [0.5, 0.6) is 5.75 Å². The molecule has 1 fully saturated rings. The lowest BCUT2D eigenvalue weighted by Gasteiger charge is -2.16. The molecule has 1 aliphatic rings. The summed E-state index contributed by atoms with van der Waals surface area (Å²) in [5, 5.41) is 16.0. The molecule has 0 saturated heterocycles. The maximum atomic E-state index is 12.6. The third-order valence-electron chi connectivity index (χ3n) is 4.95. The Bertz CT molecular complexity index is 827. The monoisotopic (exact) mass is 405 g/mol. The second-order valence-corrected chi connectivity index (χ2v) is 7.46. The summed E-state index contributed by atoms with van der Waals surface area (Å²) in [4.78, 5) is 27.5. The van der Waals surface area contributed by atoms with Crippen LogP contribution in [0.4, 0.5) is 5.69 Å². The average Bonchev–Trinajstić information content (AvgIpc) is 3.19. The average molecular weight is 406 g/mol. The number of nitrogens with one attached hydrogen (secondary N) is 2. The molecule has 0 aliphatic heterocycles. The quantitative estimate of drug-likeness (QED) is 0.501. The molecule has 150 valence electrons. The molecule has 28 heavy (non-hydrogen) atoms. The number of oxazole rings is 1. The van der Waals surface area contributed by atoms with Gasteiger partial charge in [0.1, 0.15) is 6.26 Å². The fourth-order valence-electron chi connectivity index (χ4n) is 3.47. The molecular weight excluding hydrogens is 382 g/mol. The summed E-state index contributed by atoms with van der Waals surface area (Å²) in [6, 6.07) is 3.00. The van der Waals surface area contributed by atoms with Crippen molar-refractivity contribution in [2.75, 3.05) is 5.32 Å². The number of halogens is 1. The number of carbonyl (C=O) groups excluding carboxylic acids is 2. The molecule has 2 aromatic rings. The summed E-state index contributed by atoms with van der Waals surface area (Å²) < 4.78 is 5.39. The van der Waals surface area contributed by atoms with Crippen LogP contribution in [0.25, 0.3) is 11.5 Å². The minimum Gasteiger partial charge on any atom is -0.505 e. The number of aromatic nitrogens is 1. The fraction of sp³-hybridized carbons (Fsp3) is 0.450. The number of phenolic OH excluding ortho intramolecular Hbond substituents is 1. The normalized spacial score (nSPS) is 15.9. The first-order valence-corrected chi connectivity index (χ1v) is 9.95. The highest BCUT2D eigenvalue weighted by atomic mass is 35.5. The topological polar surface area (TPSA) is 104 Å². The Morgan fingerprint density at radius 3 is 2.54 bits per heavy atom. The van der Waals surface area contributed by atoms with E-state index in [9.17, 15) is 14.7 Å². The molecule has 3 rings (SSSR count). The molecule has 0 bridgehead atoms. The fourth-order valence-corrected chi connectivity index (χ4v) is 3.69. The lowest BCUT2D eigenvalue weighted by atomic mass is 10.0. The molecule has 1 aromatic carbocycles. The molecule has 8 heteroatoms. The van der Waals surface area contributed by atoms with Crippen molar-refractivity contribution in [2.24, 2.45) is 0 Å². The third kappa shape index (κ3) is 5.04. The third-order valence-corrected chi connectivity index (χ3v) is 5.16. The van der Waals surface area contributed by atoms with E-state index in [0.29, 0.717) is 6.41 Å². The zero-order chi connectivity index (χ0) is 19.9. The van der Waals surface area contributed by atoms with E-state index in [1.54, 1.807) is 0 Å². The van der Waals surface area contributed by atoms with Gasteiger partial charge < -0.3 is 20.2 Å². The van der Waals surface area contributed by atoms with Crippen LogP contribution >= 0.6 is 11.6 Å². The number of nitrogens with zero attached hydrogens (tertiary/aromatic N) is 1. The molecule has 7 nitrogen and oxygen atoms in total. The van der Waals surface area contributed by atoms with Crippen molar-refractivity contribution in [3.8, 4) is 17.2 Å². The number of hydrogen-bond donors (Lipinski definition) is 3. The maximum absolute atomic E-state index is 12.6. The number of rotatable bonds is 5. The van der Waals surface area contributed by atoms with Gasteiger partial charge in [0.05, 0.1) is 11.3 Å². The Balaban J connectivity index is 1.74. The molecule has 1 saturated carbocycles. The number of anilines is 1. The van der Waals surface area contributed by atoms with E-state index >= 15 is 0 Å². The zero-order valence-corrected chi connectivity index (χ0v) is 16.3. The highest BCUT2D eigenvalue weighted by molar-refractivity contribution is 6.31. The van der Waals surface area contributed by atoms with Crippen molar-refractivity contribution >= 4 is 29.6 Å². The van der Waals surface area contributed by atoms with Crippen molar-refractivity contribution in [1.82, 2.24) is 10.3 Å². The summed E-state index contributed by atoms with van der Waals surface area (Å²) in [6.07, 6.45) is 10.8. The van der Waals surface area contributed by atoms with E-state index < -0.39 is 0 Å². The molecule has 1 aromatic heterocycles. The van der Waals surface area contributed by atoms with Gasteiger partial charge >= 0.3 is 0 Å². The van der Waals surface area contributed by atoms with Crippen LogP contribution in [-0.4, -0.2) is 28.4 Å². The van der Waals surface area contributed by atoms with Gasteiger partial charge in [0, 0.05) is 11.1 Å². The number of amides is 2. The predicted molar refractivity (Wildman–Crippen MR) is 106 cm³/mol. The van der Waals surface area contributed by atoms with E-state index in [4.69, 9.17) is 16.0 Å². The second-order valence-electron chi connectivity index (χ2n) is 7.02. The van der Waals surface area contributed by atoms with Gasteiger partial charge in [0.25, 0.3) is 5.91 Å². The van der Waals surface area contributed by atoms with Gasteiger partial charge in [-0.25, -0.2) is 4.98 Å². The SMILES string of the molecule is O=CNc1cc(Cl)cc(-c2nc(C(=O)NC3CCCCCCCC3)co2)c1O. The van der Waals surface area contributed by atoms with Crippen LogP contribution in [0.1, 0.15) is 61.9 Å². The minimum absolute atomic E-state index is 0.0496. The van der Waals surface area contributed by atoms with Crippen molar-refractivity contribution in [3.05, 3.63) is 29.1 Å². The molecule has 0 spiro atoms. The summed E-state index contributed by atoms with van der Waals surface area (Å²) >= 11 is 6.03. The standard InChI is InChI=1S/C20H24ClN3O4/c21-13-9-15(18(26)16(10-13)22-12-25)20-24-17(11-28-20)19(27)23-14-7-5-3-1-2-4-6-8-14/h9-12,14,26H,1-8H2,(H,22,25)(H,23,27). The van der Waals surface area contributed by atoms with E-state index in [2.05, 4.69) is 15.6 Å². The Labute approximate surface area is 168 Å². The van der Waals surface area contributed by atoms with Crippen molar-refractivity contribution in [3.63, 3.8) is 0 Å². The van der Waals surface area contributed by atoms with Crippen LogP contribution in [0.15, 0.2) is 22.8 Å². The van der Waals surface area contributed by atoms with E-state index in [1.807, 2.05) is 0 Å². The highest BCUT2D eigenvalue weighted by Gasteiger charge is 2.20. The van der Waals surface area contributed by atoms with Crippen LogP contribution < -0.4 is 10.6 Å². The molecule has 0 unspecified atom stereocenters.